The van der Waals surface area contributed by atoms with Crippen molar-refractivity contribution in [3.8, 4) is 0 Å². The zero-order chi connectivity index (χ0) is 9.42. The minimum absolute atomic E-state index is 0.0967. The van der Waals surface area contributed by atoms with Crippen LogP contribution in [0.4, 0.5) is 8.78 Å². The molecule has 68 valence electrons. The number of aromatic amines is 1. The molecule has 0 aliphatic carbocycles. The molecule has 1 N–H and O–H groups in total. The fraction of sp³-hybridized carbons (Fsp3) is 0.125. The Balaban J connectivity index is 2.62. The first-order valence-electron chi connectivity index (χ1n) is 3.59. The number of halogens is 3. The molecule has 0 atom stereocenters. The molecule has 0 saturated carbocycles. The fourth-order valence-electron chi connectivity index (χ4n) is 1.13. The Bertz CT molecular complexity index is 439. The van der Waals surface area contributed by atoms with Gasteiger partial charge in [-0.25, -0.2) is 13.8 Å². The quantitative estimate of drug-likeness (QED) is 0.823. The number of H-pyrrole nitrogens is 1. The lowest BCUT2D eigenvalue weighted by Crippen LogP contribution is -1.81. The SMILES string of the molecule is FC(F)c1cc2cc(Br)cnc2[nH]1. The lowest BCUT2D eigenvalue weighted by atomic mass is 10.3. The highest BCUT2D eigenvalue weighted by Crippen LogP contribution is 2.23. The Morgan fingerprint density at radius 1 is 1.38 bits per heavy atom. The molecule has 0 fully saturated rings. The van der Waals surface area contributed by atoms with Crippen molar-refractivity contribution in [3.63, 3.8) is 0 Å². The van der Waals surface area contributed by atoms with E-state index in [-0.39, 0.29) is 5.69 Å². The first-order chi connectivity index (χ1) is 6.16. The standard InChI is InChI=1S/C8H5BrF2N2/c9-5-1-4-2-6(7(10)11)13-8(4)12-3-5/h1-3,7H,(H,12,13). The van der Waals surface area contributed by atoms with Crippen LogP contribution in [0.3, 0.4) is 0 Å². The average Bonchev–Trinajstić information content (AvgIpc) is 2.46. The summed E-state index contributed by atoms with van der Waals surface area (Å²) >= 11 is 3.21. The number of rotatable bonds is 1. The molecule has 0 aliphatic heterocycles. The van der Waals surface area contributed by atoms with Crippen LogP contribution in [0.5, 0.6) is 0 Å². The van der Waals surface area contributed by atoms with Crippen molar-refractivity contribution in [3.05, 3.63) is 28.5 Å². The summed E-state index contributed by atoms with van der Waals surface area (Å²) in [5, 5.41) is 0.685. The molecule has 0 saturated heterocycles. The molecule has 0 aromatic carbocycles. The summed E-state index contributed by atoms with van der Waals surface area (Å²) < 4.78 is 25.2. The average molecular weight is 247 g/mol. The topological polar surface area (TPSA) is 28.7 Å². The molecule has 13 heavy (non-hydrogen) atoms. The predicted molar refractivity (Wildman–Crippen MR) is 48.8 cm³/mol. The van der Waals surface area contributed by atoms with E-state index >= 15 is 0 Å². The second-order valence-electron chi connectivity index (χ2n) is 2.62. The first-order valence-corrected chi connectivity index (χ1v) is 4.38. The van der Waals surface area contributed by atoms with Crippen molar-refractivity contribution >= 4 is 27.0 Å². The molecule has 0 spiro atoms. The largest absolute Gasteiger partial charge is 0.338 e. The summed E-state index contributed by atoms with van der Waals surface area (Å²) in [6, 6.07) is 3.14. The van der Waals surface area contributed by atoms with Crippen LogP contribution >= 0.6 is 15.9 Å². The van der Waals surface area contributed by atoms with Gasteiger partial charge in [0, 0.05) is 16.1 Å². The van der Waals surface area contributed by atoms with Gasteiger partial charge in [-0.1, -0.05) is 0 Å². The van der Waals surface area contributed by atoms with Gasteiger partial charge in [0.2, 0.25) is 0 Å². The lowest BCUT2D eigenvalue weighted by Gasteiger charge is -1.90. The fourth-order valence-corrected chi connectivity index (χ4v) is 1.48. The van der Waals surface area contributed by atoms with Crippen LogP contribution in [0.2, 0.25) is 0 Å². The molecular formula is C8H5BrF2N2. The van der Waals surface area contributed by atoms with Crippen molar-refractivity contribution in [2.75, 3.05) is 0 Å². The summed E-state index contributed by atoms with van der Waals surface area (Å²) in [6.45, 7) is 0. The van der Waals surface area contributed by atoms with E-state index in [0.717, 1.165) is 4.47 Å². The van der Waals surface area contributed by atoms with Crippen LogP contribution in [-0.4, -0.2) is 9.97 Å². The lowest BCUT2D eigenvalue weighted by molar-refractivity contribution is 0.147. The molecule has 5 heteroatoms. The van der Waals surface area contributed by atoms with E-state index in [1.165, 1.54) is 6.07 Å². The summed E-state index contributed by atoms with van der Waals surface area (Å²) in [5.41, 5.74) is 0.388. The van der Waals surface area contributed by atoms with Gasteiger partial charge in [-0.2, -0.15) is 0 Å². The maximum atomic E-state index is 12.2. The molecular weight excluding hydrogens is 242 g/mol. The molecule has 2 aromatic rings. The van der Waals surface area contributed by atoms with Crippen molar-refractivity contribution in [2.45, 2.75) is 6.43 Å². The van der Waals surface area contributed by atoms with E-state index in [0.29, 0.717) is 11.0 Å². The highest BCUT2D eigenvalue weighted by Gasteiger charge is 2.10. The Kier molecular flexibility index (Phi) is 2.03. The smallest absolute Gasteiger partial charge is 0.278 e. The summed E-state index contributed by atoms with van der Waals surface area (Å²) in [5.74, 6) is 0. The third-order valence-corrected chi connectivity index (χ3v) is 2.13. The zero-order valence-corrected chi connectivity index (χ0v) is 7.98. The molecule has 2 heterocycles. The Morgan fingerprint density at radius 2 is 2.15 bits per heavy atom. The van der Waals surface area contributed by atoms with Gasteiger partial charge >= 0.3 is 0 Å². The predicted octanol–water partition coefficient (Wildman–Crippen LogP) is 3.26. The number of aromatic nitrogens is 2. The number of alkyl halides is 2. The third-order valence-electron chi connectivity index (χ3n) is 1.69. The molecule has 0 radical (unpaired) electrons. The monoisotopic (exact) mass is 246 g/mol. The van der Waals surface area contributed by atoms with Crippen LogP contribution in [0.25, 0.3) is 11.0 Å². The zero-order valence-electron chi connectivity index (χ0n) is 6.39. The normalized spacial score (nSPS) is 11.4. The molecule has 2 aromatic heterocycles. The highest BCUT2D eigenvalue weighted by atomic mass is 79.9. The number of fused-ring (bicyclic) bond motifs is 1. The van der Waals surface area contributed by atoms with Crippen molar-refractivity contribution < 1.29 is 8.78 Å². The number of hydrogen-bond donors (Lipinski definition) is 1. The van der Waals surface area contributed by atoms with Gasteiger partial charge in [0.15, 0.2) is 0 Å². The Labute approximate surface area is 81.1 Å². The molecule has 0 aliphatic rings. The van der Waals surface area contributed by atoms with Crippen LogP contribution < -0.4 is 0 Å². The number of nitrogens with one attached hydrogen (secondary N) is 1. The molecule has 0 amide bonds. The van der Waals surface area contributed by atoms with E-state index in [2.05, 4.69) is 25.9 Å². The summed E-state index contributed by atoms with van der Waals surface area (Å²) in [6.07, 6.45) is -0.915. The summed E-state index contributed by atoms with van der Waals surface area (Å²) in [7, 11) is 0. The van der Waals surface area contributed by atoms with Gasteiger partial charge in [-0.3, -0.25) is 0 Å². The molecule has 2 nitrogen and oxygen atoms in total. The second kappa shape index (κ2) is 3.06. The Morgan fingerprint density at radius 3 is 2.85 bits per heavy atom. The van der Waals surface area contributed by atoms with Crippen LogP contribution in [0.15, 0.2) is 22.8 Å². The van der Waals surface area contributed by atoms with Crippen molar-refractivity contribution in [2.24, 2.45) is 0 Å². The number of nitrogens with zero attached hydrogens (tertiary/aromatic N) is 1. The van der Waals surface area contributed by atoms with Gasteiger partial charge in [0.25, 0.3) is 6.43 Å². The minimum atomic E-state index is -2.48. The van der Waals surface area contributed by atoms with Crippen LogP contribution in [0, 0.1) is 0 Å². The van der Waals surface area contributed by atoms with Crippen molar-refractivity contribution in [1.82, 2.24) is 9.97 Å². The molecule has 0 unspecified atom stereocenters. The van der Waals surface area contributed by atoms with Crippen LogP contribution in [-0.2, 0) is 0 Å². The van der Waals surface area contributed by atoms with E-state index in [9.17, 15) is 8.78 Å². The van der Waals surface area contributed by atoms with E-state index < -0.39 is 6.43 Å². The van der Waals surface area contributed by atoms with E-state index in [1.807, 2.05) is 0 Å². The third kappa shape index (κ3) is 1.56. The maximum Gasteiger partial charge on any atom is 0.278 e. The number of hydrogen-bond acceptors (Lipinski definition) is 1. The van der Waals surface area contributed by atoms with Crippen LogP contribution in [0.1, 0.15) is 12.1 Å². The van der Waals surface area contributed by atoms with E-state index in [1.54, 1.807) is 12.3 Å². The van der Waals surface area contributed by atoms with Gasteiger partial charge in [0.1, 0.15) is 5.65 Å². The molecule has 0 bridgehead atoms. The number of pyridine rings is 1. The second-order valence-corrected chi connectivity index (χ2v) is 3.53. The molecule has 2 rings (SSSR count). The Hall–Kier alpha value is -0.970. The summed E-state index contributed by atoms with van der Waals surface area (Å²) in [4.78, 5) is 6.49. The minimum Gasteiger partial charge on any atom is -0.338 e. The van der Waals surface area contributed by atoms with Gasteiger partial charge in [-0.15, -0.1) is 0 Å². The first kappa shape index (κ1) is 8.62. The van der Waals surface area contributed by atoms with Gasteiger partial charge in [-0.05, 0) is 28.1 Å². The van der Waals surface area contributed by atoms with Gasteiger partial charge in [0.05, 0.1) is 5.69 Å². The highest BCUT2D eigenvalue weighted by molar-refractivity contribution is 9.10. The van der Waals surface area contributed by atoms with E-state index in [4.69, 9.17) is 0 Å². The van der Waals surface area contributed by atoms with Crippen molar-refractivity contribution in [1.29, 1.82) is 0 Å². The maximum absolute atomic E-state index is 12.2. The van der Waals surface area contributed by atoms with Gasteiger partial charge < -0.3 is 4.98 Å².